The molecule has 1 fully saturated rings. The monoisotopic (exact) mass is 215 g/mol. The summed E-state index contributed by atoms with van der Waals surface area (Å²) in [5.74, 6) is 0. The van der Waals surface area contributed by atoms with E-state index >= 15 is 0 Å². The molecule has 1 aliphatic rings. The van der Waals surface area contributed by atoms with Crippen LogP contribution in [-0.2, 0) is 4.74 Å². The van der Waals surface area contributed by atoms with E-state index < -0.39 is 0 Å². The van der Waals surface area contributed by atoms with Gasteiger partial charge in [0.15, 0.2) is 0 Å². The van der Waals surface area contributed by atoms with Crippen LogP contribution in [0.2, 0.25) is 0 Å². The number of aliphatic hydroxyl groups excluding tert-OH is 1. The van der Waals surface area contributed by atoms with Gasteiger partial charge in [-0.05, 0) is 19.3 Å². The molecule has 0 saturated carbocycles. The van der Waals surface area contributed by atoms with Crippen molar-refractivity contribution in [2.24, 2.45) is 5.41 Å². The van der Waals surface area contributed by atoms with Gasteiger partial charge in [0.2, 0.25) is 0 Å². The summed E-state index contributed by atoms with van der Waals surface area (Å²) in [6.07, 6.45) is 2.41. The molecule has 0 aromatic heterocycles. The van der Waals surface area contributed by atoms with Crippen molar-refractivity contribution in [2.75, 3.05) is 26.3 Å². The van der Waals surface area contributed by atoms with E-state index in [2.05, 4.69) is 13.8 Å². The van der Waals surface area contributed by atoms with E-state index in [1.165, 1.54) is 0 Å². The highest BCUT2D eigenvalue weighted by Crippen LogP contribution is 2.27. The molecule has 0 aromatic carbocycles. The van der Waals surface area contributed by atoms with E-state index in [-0.39, 0.29) is 18.1 Å². The van der Waals surface area contributed by atoms with Gasteiger partial charge in [0, 0.05) is 18.5 Å². The van der Waals surface area contributed by atoms with Crippen LogP contribution in [0.4, 0.5) is 4.79 Å². The largest absolute Gasteiger partial charge is 0.449 e. The summed E-state index contributed by atoms with van der Waals surface area (Å²) in [5.41, 5.74) is -0.156. The van der Waals surface area contributed by atoms with Crippen LogP contribution in [0.5, 0.6) is 0 Å². The minimum Gasteiger partial charge on any atom is -0.449 e. The normalized spacial score (nSPS) is 17.8. The van der Waals surface area contributed by atoms with Crippen LogP contribution >= 0.6 is 0 Å². The number of cyclic esters (lactones) is 1. The summed E-state index contributed by atoms with van der Waals surface area (Å²) in [5, 5.41) is 9.41. The Morgan fingerprint density at radius 1 is 1.47 bits per heavy atom. The number of rotatable bonds is 5. The third-order valence-corrected chi connectivity index (χ3v) is 3.42. The molecular weight excluding hydrogens is 194 g/mol. The lowest BCUT2D eigenvalue weighted by molar-refractivity contribution is 0.0292. The van der Waals surface area contributed by atoms with E-state index in [0.29, 0.717) is 13.2 Å². The lowest BCUT2D eigenvalue weighted by atomic mass is 9.82. The highest BCUT2D eigenvalue weighted by Gasteiger charge is 2.31. The third kappa shape index (κ3) is 2.84. The summed E-state index contributed by atoms with van der Waals surface area (Å²) in [6, 6.07) is 0. The highest BCUT2D eigenvalue weighted by molar-refractivity contribution is 5.68. The van der Waals surface area contributed by atoms with Crippen LogP contribution in [0.1, 0.15) is 33.1 Å². The van der Waals surface area contributed by atoms with E-state index in [4.69, 9.17) is 4.74 Å². The Morgan fingerprint density at radius 3 is 2.60 bits per heavy atom. The van der Waals surface area contributed by atoms with Crippen molar-refractivity contribution in [2.45, 2.75) is 33.1 Å². The van der Waals surface area contributed by atoms with Crippen molar-refractivity contribution >= 4 is 6.09 Å². The molecule has 1 amide bonds. The maximum atomic E-state index is 11.4. The van der Waals surface area contributed by atoms with Gasteiger partial charge in [0.25, 0.3) is 0 Å². The Labute approximate surface area is 91.2 Å². The first kappa shape index (κ1) is 12.3. The SMILES string of the molecule is CCC(CC)(CO)CN1CCCOC1=O. The minimum absolute atomic E-state index is 0.129. The number of aliphatic hydroxyl groups is 1. The molecule has 0 aliphatic carbocycles. The van der Waals surface area contributed by atoms with Crippen molar-refractivity contribution in [3.63, 3.8) is 0 Å². The van der Waals surface area contributed by atoms with Crippen molar-refractivity contribution in [3.05, 3.63) is 0 Å². The molecule has 1 N–H and O–H groups in total. The molecule has 1 rings (SSSR count). The zero-order chi connectivity index (χ0) is 11.3. The molecule has 1 saturated heterocycles. The first-order valence-electron chi connectivity index (χ1n) is 5.70. The Balaban J connectivity index is 2.60. The standard InChI is InChI=1S/C11H21NO3/c1-3-11(4-2,9-13)8-12-6-5-7-15-10(12)14/h13H,3-9H2,1-2H3. The average Bonchev–Trinajstić information content (AvgIpc) is 2.29. The number of hydrogen-bond acceptors (Lipinski definition) is 3. The second-order valence-corrected chi connectivity index (χ2v) is 4.25. The van der Waals surface area contributed by atoms with Crippen LogP contribution in [0.25, 0.3) is 0 Å². The number of carbonyl (C=O) groups is 1. The molecular formula is C11H21NO3. The first-order valence-corrected chi connectivity index (χ1v) is 5.70. The second-order valence-electron chi connectivity index (χ2n) is 4.25. The predicted octanol–water partition coefficient (Wildman–Crippen LogP) is 1.63. The molecule has 0 unspecified atom stereocenters. The van der Waals surface area contributed by atoms with Gasteiger partial charge in [0.1, 0.15) is 0 Å². The first-order chi connectivity index (χ1) is 7.17. The summed E-state index contributed by atoms with van der Waals surface area (Å²) in [4.78, 5) is 13.2. The lowest BCUT2D eigenvalue weighted by Gasteiger charge is -2.36. The molecule has 0 bridgehead atoms. The van der Waals surface area contributed by atoms with Gasteiger partial charge in [-0.3, -0.25) is 0 Å². The van der Waals surface area contributed by atoms with Gasteiger partial charge in [-0.2, -0.15) is 0 Å². The summed E-state index contributed by atoms with van der Waals surface area (Å²) < 4.78 is 4.98. The number of nitrogens with zero attached hydrogens (tertiary/aromatic N) is 1. The fourth-order valence-corrected chi connectivity index (χ4v) is 1.89. The van der Waals surface area contributed by atoms with E-state index in [9.17, 15) is 9.90 Å². The maximum absolute atomic E-state index is 11.4. The number of amides is 1. The zero-order valence-corrected chi connectivity index (χ0v) is 9.66. The summed E-state index contributed by atoms with van der Waals surface area (Å²) in [7, 11) is 0. The quantitative estimate of drug-likeness (QED) is 0.758. The lowest BCUT2D eigenvalue weighted by Crippen LogP contribution is -2.46. The molecule has 88 valence electrons. The fraction of sp³-hybridized carbons (Fsp3) is 0.909. The van der Waals surface area contributed by atoms with Crippen LogP contribution in [0.15, 0.2) is 0 Å². The van der Waals surface area contributed by atoms with Crippen LogP contribution < -0.4 is 0 Å². The molecule has 0 atom stereocenters. The smallest absolute Gasteiger partial charge is 0.409 e. The molecule has 4 heteroatoms. The number of hydrogen-bond donors (Lipinski definition) is 1. The van der Waals surface area contributed by atoms with Crippen molar-refractivity contribution in [1.82, 2.24) is 4.90 Å². The topological polar surface area (TPSA) is 49.8 Å². The highest BCUT2D eigenvalue weighted by atomic mass is 16.6. The van der Waals surface area contributed by atoms with Gasteiger partial charge in [-0.25, -0.2) is 4.79 Å². The average molecular weight is 215 g/mol. The van der Waals surface area contributed by atoms with Crippen molar-refractivity contribution in [3.8, 4) is 0 Å². The van der Waals surface area contributed by atoms with Gasteiger partial charge in [0.05, 0.1) is 13.2 Å². The van der Waals surface area contributed by atoms with Crippen molar-refractivity contribution in [1.29, 1.82) is 0 Å². The Hall–Kier alpha value is -0.770. The van der Waals surface area contributed by atoms with Gasteiger partial charge in [-0.1, -0.05) is 13.8 Å². The van der Waals surface area contributed by atoms with Crippen molar-refractivity contribution < 1.29 is 14.6 Å². The van der Waals surface area contributed by atoms with Gasteiger partial charge >= 0.3 is 6.09 Å². The minimum atomic E-state index is -0.235. The van der Waals surface area contributed by atoms with E-state index in [1.54, 1.807) is 4.90 Å². The number of ether oxygens (including phenoxy) is 1. The Kier molecular flexibility index (Phi) is 4.39. The molecule has 0 spiro atoms. The molecule has 1 aliphatic heterocycles. The predicted molar refractivity (Wildman–Crippen MR) is 57.6 cm³/mol. The molecule has 4 nitrogen and oxygen atoms in total. The van der Waals surface area contributed by atoms with Crippen LogP contribution in [0.3, 0.4) is 0 Å². The van der Waals surface area contributed by atoms with Gasteiger partial charge in [-0.15, -0.1) is 0 Å². The van der Waals surface area contributed by atoms with Crippen LogP contribution in [0, 0.1) is 5.41 Å². The third-order valence-electron chi connectivity index (χ3n) is 3.42. The molecule has 1 heterocycles. The Morgan fingerprint density at radius 2 is 2.13 bits per heavy atom. The Bertz CT molecular complexity index is 206. The fourth-order valence-electron chi connectivity index (χ4n) is 1.89. The summed E-state index contributed by atoms with van der Waals surface area (Å²) >= 11 is 0. The second kappa shape index (κ2) is 5.35. The number of carbonyl (C=O) groups excluding carboxylic acids is 1. The molecule has 0 radical (unpaired) electrons. The maximum Gasteiger partial charge on any atom is 0.409 e. The zero-order valence-electron chi connectivity index (χ0n) is 9.66. The van der Waals surface area contributed by atoms with Gasteiger partial charge < -0.3 is 14.7 Å². The van der Waals surface area contributed by atoms with E-state index in [1.807, 2.05) is 0 Å². The molecule has 15 heavy (non-hydrogen) atoms. The van der Waals surface area contributed by atoms with Crippen LogP contribution in [-0.4, -0.2) is 42.4 Å². The summed E-state index contributed by atoms with van der Waals surface area (Å²) in [6.45, 7) is 6.11. The van der Waals surface area contributed by atoms with E-state index in [0.717, 1.165) is 25.8 Å². The molecule has 0 aromatic rings.